The van der Waals surface area contributed by atoms with Crippen LogP contribution in [-0.4, -0.2) is 45.3 Å². The van der Waals surface area contributed by atoms with Crippen LogP contribution in [0.5, 0.6) is 5.75 Å². The first-order valence-corrected chi connectivity index (χ1v) is 12.4. The molecule has 0 aliphatic heterocycles. The van der Waals surface area contributed by atoms with Crippen molar-refractivity contribution in [2.45, 2.75) is 32.8 Å². The molecular weight excluding hydrogens is 536 g/mol. The quantitative estimate of drug-likeness (QED) is 0.206. The molecule has 0 spiro atoms. The summed E-state index contributed by atoms with van der Waals surface area (Å²) in [6, 6.07) is 12.1. The third-order valence-corrected chi connectivity index (χ3v) is 5.64. The second kappa shape index (κ2) is 11.9. The van der Waals surface area contributed by atoms with Gasteiger partial charge >= 0.3 is 6.09 Å². The molecule has 2 amide bonds. The van der Waals surface area contributed by atoms with Crippen molar-refractivity contribution in [2.24, 2.45) is 0 Å². The zero-order valence-electron chi connectivity index (χ0n) is 22.7. The van der Waals surface area contributed by atoms with Gasteiger partial charge in [0.25, 0.3) is 0 Å². The molecule has 10 nitrogen and oxygen atoms in total. The van der Waals surface area contributed by atoms with E-state index in [0.717, 1.165) is 18.2 Å². The molecule has 0 fully saturated rings. The second-order valence-electron chi connectivity index (χ2n) is 9.89. The molecule has 0 atom stereocenters. The molecule has 2 N–H and O–H groups in total. The van der Waals surface area contributed by atoms with E-state index in [1.54, 1.807) is 45.0 Å². The van der Waals surface area contributed by atoms with Crippen molar-refractivity contribution in [1.82, 2.24) is 14.8 Å². The number of carbonyl (C=O) groups excluding carboxylic acids is 3. The minimum absolute atomic E-state index is 0.00415. The number of hydrogen-bond donors (Lipinski definition) is 2. The molecule has 0 bridgehead atoms. The number of aromatic nitrogens is 3. The van der Waals surface area contributed by atoms with Crippen LogP contribution in [0.1, 0.15) is 37.6 Å². The zero-order valence-corrected chi connectivity index (χ0v) is 22.7. The molecule has 0 aliphatic carbocycles. The Bertz CT molecular complexity index is 1600. The summed E-state index contributed by atoms with van der Waals surface area (Å²) in [6.45, 7) is 5.03. The molecule has 41 heavy (non-hydrogen) atoms. The van der Waals surface area contributed by atoms with E-state index in [-0.39, 0.29) is 33.8 Å². The van der Waals surface area contributed by atoms with Crippen LogP contribution in [0.15, 0.2) is 67.3 Å². The second-order valence-corrected chi connectivity index (χ2v) is 9.89. The van der Waals surface area contributed by atoms with E-state index in [2.05, 4.69) is 20.7 Å². The van der Waals surface area contributed by atoms with Gasteiger partial charge in [-0.1, -0.05) is 12.1 Å². The summed E-state index contributed by atoms with van der Waals surface area (Å²) in [5.41, 5.74) is 0.0285. The number of Topliss-reactive ketones (excluding diaryl/α,β-unsaturated/α-hetero) is 1. The molecule has 0 saturated heterocycles. The Morgan fingerprint density at radius 2 is 1.71 bits per heavy atom. The summed E-state index contributed by atoms with van der Waals surface area (Å²) in [6.07, 6.45) is 1.44. The van der Waals surface area contributed by atoms with E-state index in [0.29, 0.717) is 5.69 Å². The van der Waals surface area contributed by atoms with Crippen molar-refractivity contribution < 1.29 is 32.6 Å². The van der Waals surface area contributed by atoms with Gasteiger partial charge in [-0.2, -0.15) is 5.10 Å². The number of ketones is 1. The standard InChI is InChI=1S/C29H27F2N5O5/c1-29(2,3)41-28(39)35-24-13-26(40-4)21(20-11-18(30)8-9-22(20)31)12-23(24)34-27(38)14-25(37)17-6-5-7-19(10-17)36-16-32-15-33-36/h5-13,15-16H,14H2,1-4H3,(H,34,38)(H,35,39). The summed E-state index contributed by atoms with van der Waals surface area (Å²) >= 11 is 0. The fourth-order valence-electron chi connectivity index (χ4n) is 3.89. The average molecular weight is 564 g/mol. The lowest BCUT2D eigenvalue weighted by Crippen LogP contribution is -2.27. The lowest BCUT2D eigenvalue weighted by Gasteiger charge is -2.21. The van der Waals surface area contributed by atoms with Crippen LogP contribution >= 0.6 is 0 Å². The minimum atomic E-state index is -0.833. The summed E-state index contributed by atoms with van der Waals surface area (Å²) in [4.78, 5) is 42.4. The van der Waals surface area contributed by atoms with Gasteiger partial charge in [0.1, 0.15) is 35.6 Å². The summed E-state index contributed by atoms with van der Waals surface area (Å²) in [5.74, 6) is -2.55. The van der Waals surface area contributed by atoms with E-state index in [9.17, 15) is 23.2 Å². The SMILES string of the molecule is COc1cc(NC(=O)OC(C)(C)C)c(NC(=O)CC(=O)c2cccc(-n3cncn3)c2)cc1-c1cc(F)ccc1F. The lowest BCUT2D eigenvalue weighted by atomic mass is 10.0. The van der Waals surface area contributed by atoms with Crippen LogP contribution in [0.25, 0.3) is 16.8 Å². The molecule has 0 aliphatic rings. The van der Waals surface area contributed by atoms with Gasteiger partial charge < -0.3 is 14.8 Å². The summed E-state index contributed by atoms with van der Waals surface area (Å²) < 4.78 is 40.9. The van der Waals surface area contributed by atoms with E-state index < -0.39 is 41.4 Å². The number of carbonyl (C=O) groups is 3. The number of halogens is 2. The molecule has 0 radical (unpaired) electrons. The number of rotatable bonds is 8. The first-order chi connectivity index (χ1) is 19.4. The minimum Gasteiger partial charge on any atom is -0.496 e. The number of anilines is 2. The summed E-state index contributed by atoms with van der Waals surface area (Å²) in [7, 11) is 1.32. The molecule has 4 rings (SSSR count). The predicted molar refractivity (Wildman–Crippen MR) is 147 cm³/mol. The Kier molecular flexibility index (Phi) is 8.41. The molecule has 12 heteroatoms. The van der Waals surface area contributed by atoms with Gasteiger partial charge in [0.2, 0.25) is 5.91 Å². The number of amides is 2. The van der Waals surface area contributed by atoms with E-state index in [1.807, 2.05) is 0 Å². The van der Waals surface area contributed by atoms with Crippen molar-refractivity contribution in [3.63, 3.8) is 0 Å². The third kappa shape index (κ3) is 7.29. The predicted octanol–water partition coefficient (Wildman–Crippen LogP) is 5.78. The molecule has 4 aromatic rings. The number of nitrogens with zero attached hydrogens (tertiary/aromatic N) is 3. The van der Waals surface area contributed by atoms with Gasteiger partial charge in [-0.25, -0.2) is 23.2 Å². The molecule has 1 heterocycles. The Morgan fingerprint density at radius 1 is 0.951 bits per heavy atom. The smallest absolute Gasteiger partial charge is 0.412 e. The molecule has 0 unspecified atom stereocenters. The normalized spacial score (nSPS) is 11.1. The van der Waals surface area contributed by atoms with Crippen molar-refractivity contribution in [1.29, 1.82) is 0 Å². The van der Waals surface area contributed by atoms with Crippen molar-refractivity contribution in [3.8, 4) is 22.6 Å². The van der Waals surface area contributed by atoms with Crippen LogP contribution in [-0.2, 0) is 9.53 Å². The fraction of sp³-hybridized carbons (Fsp3) is 0.207. The van der Waals surface area contributed by atoms with Crippen molar-refractivity contribution >= 4 is 29.2 Å². The highest BCUT2D eigenvalue weighted by atomic mass is 19.1. The van der Waals surface area contributed by atoms with Gasteiger partial charge in [0, 0.05) is 22.8 Å². The number of nitrogens with one attached hydrogen (secondary N) is 2. The van der Waals surface area contributed by atoms with Gasteiger partial charge in [-0.05, 0) is 57.2 Å². The van der Waals surface area contributed by atoms with E-state index >= 15 is 0 Å². The zero-order chi connectivity index (χ0) is 29.7. The Hall–Kier alpha value is -5.13. The van der Waals surface area contributed by atoms with Crippen LogP contribution in [0, 0.1) is 11.6 Å². The molecule has 212 valence electrons. The first-order valence-electron chi connectivity index (χ1n) is 12.4. The largest absolute Gasteiger partial charge is 0.496 e. The summed E-state index contributed by atoms with van der Waals surface area (Å²) in [5, 5.41) is 9.15. The van der Waals surface area contributed by atoms with E-state index in [4.69, 9.17) is 9.47 Å². The monoisotopic (exact) mass is 563 g/mol. The maximum atomic E-state index is 14.7. The van der Waals surface area contributed by atoms with Crippen LogP contribution < -0.4 is 15.4 Å². The van der Waals surface area contributed by atoms with Crippen molar-refractivity contribution in [2.75, 3.05) is 17.7 Å². The number of benzene rings is 3. The highest BCUT2D eigenvalue weighted by Crippen LogP contribution is 2.39. The highest BCUT2D eigenvalue weighted by molar-refractivity contribution is 6.12. The topological polar surface area (TPSA) is 124 Å². The van der Waals surface area contributed by atoms with Gasteiger partial charge in [-0.3, -0.25) is 14.9 Å². The number of hydrogen-bond acceptors (Lipinski definition) is 7. The maximum absolute atomic E-state index is 14.7. The highest BCUT2D eigenvalue weighted by Gasteiger charge is 2.22. The average Bonchev–Trinajstić information content (AvgIpc) is 3.45. The van der Waals surface area contributed by atoms with Gasteiger partial charge in [0.05, 0.1) is 30.6 Å². The first kappa shape index (κ1) is 28.9. The number of ether oxygens (including phenoxy) is 2. The van der Waals surface area contributed by atoms with E-state index in [1.165, 1.54) is 36.6 Å². The Morgan fingerprint density at radius 3 is 2.39 bits per heavy atom. The van der Waals surface area contributed by atoms with Crippen LogP contribution in [0.4, 0.5) is 25.0 Å². The Labute approximate surface area is 234 Å². The van der Waals surface area contributed by atoms with Crippen LogP contribution in [0.3, 0.4) is 0 Å². The lowest BCUT2D eigenvalue weighted by molar-refractivity contribution is -0.115. The molecular formula is C29H27F2N5O5. The van der Waals surface area contributed by atoms with Gasteiger partial charge in [-0.15, -0.1) is 0 Å². The van der Waals surface area contributed by atoms with Crippen molar-refractivity contribution in [3.05, 3.63) is 84.4 Å². The third-order valence-electron chi connectivity index (χ3n) is 5.64. The molecule has 0 saturated carbocycles. The van der Waals surface area contributed by atoms with Crippen LogP contribution in [0.2, 0.25) is 0 Å². The Balaban J connectivity index is 1.65. The fourth-order valence-corrected chi connectivity index (χ4v) is 3.89. The van der Waals surface area contributed by atoms with Gasteiger partial charge in [0.15, 0.2) is 5.78 Å². The number of methoxy groups -OCH3 is 1. The maximum Gasteiger partial charge on any atom is 0.412 e. The molecule has 3 aromatic carbocycles. The molecule has 1 aromatic heterocycles.